The van der Waals surface area contributed by atoms with Gasteiger partial charge in [0.1, 0.15) is 5.00 Å². The fourth-order valence-corrected chi connectivity index (χ4v) is 1.86. The van der Waals surface area contributed by atoms with E-state index in [0.717, 1.165) is 11.5 Å². The monoisotopic (exact) mass is 278 g/mol. The van der Waals surface area contributed by atoms with Crippen LogP contribution >= 0.6 is 11.5 Å². The molecule has 0 aliphatic rings. The zero-order valence-corrected chi connectivity index (χ0v) is 10.5. The number of benzene rings is 1. The van der Waals surface area contributed by atoms with Crippen LogP contribution in [0.25, 0.3) is 0 Å². The lowest BCUT2D eigenvalue weighted by Crippen LogP contribution is -2.20. The van der Waals surface area contributed by atoms with E-state index in [1.54, 1.807) is 24.3 Å². The van der Waals surface area contributed by atoms with Crippen LogP contribution in [0.5, 0.6) is 0 Å². The summed E-state index contributed by atoms with van der Waals surface area (Å²) in [5.74, 6) is -0.957. The van der Waals surface area contributed by atoms with E-state index in [0.29, 0.717) is 16.3 Å². The first-order valence-electron chi connectivity index (χ1n) is 5.30. The van der Waals surface area contributed by atoms with E-state index in [2.05, 4.69) is 20.2 Å². The predicted molar refractivity (Wildman–Crippen MR) is 70.3 cm³/mol. The molecule has 3 N–H and O–H groups in total. The Hall–Kier alpha value is -2.48. The summed E-state index contributed by atoms with van der Waals surface area (Å²) in [5.41, 5.74) is 0.993. The SMILES string of the molecule is O=C(O)Cc1ccccc1NC(=O)Nc1cnns1. The molecule has 0 aliphatic heterocycles. The maximum Gasteiger partial charge on any atom is 0.324 e. The van der Waals surface area contributed by atoms with Gasteiger partial charge in [-0.25, -0.2) is 4.79 Å². The highest BCUT2D eigenvalue weighted by Gasteiger charge is 2.09. The molecule has 0 bridgehead atoms. The number of nitrogens with zero attached hydrogens (tertiary/aromatic N) is 2. The Morgan fingerprint density at radius 1 is 1.26 bits per heavy atom. The number of anilines is 2. The second-order valence-electron chi connectivity index (χ2n) is 3.59. The van der Waals surface area contributed by atoms with Crippen LogP contribution in [0.2, 0.25) is 0 Å². The molecule has 2 rings (SSSR count). The summed E-state index contributed by atoms with van der Waals surface area (Å²) in [6, 6.07) is 6.26. The van der Waals surface area contributed by atoms with Crippen LogP contribution in [0.3, 0.4) is 0 Å². The van der Waals surface area contributed by atoms with E-state index in [9.17, 15) is 9.59 Å². The standard InChI is InChI=1S/C11H10N4O3S/c16-10(17)5-7-3-1-2-4-8(7)13-11(18)14-9-6-12-15-19-9/h1-4,6H,5H2,(H,16,17)(H2,13,14,18). The lowest BCUT2D eigenvalue weighted by atomic mass is 10.1. The number of carbonyl (C=O) groups is 2. The summed E-state index contributed by atoms with van der Waals surface area (Å²) < 4.78 is 3.61. The van der Waals surface area contributed by atoms with Crippen molar-refractivity contribution >= 4 is 34.2 Å². The molecule has 0 unspecified atom stereocenters. The van der Waals surface area contributed by atoms with E-state index in [1.807, 2.05) is 0 Å². The number of nitrogens with one attached hydrogen (secondary N) is 2. The second-order valence-corrected chi connectivity index (χ2v) is 4.37. The highest BCUT2D eigenvalue weighted by Crippen LogP contribution is 2.17. The van der Waals surface area contributed by atoms with Gasteiger partial charge in [0, 0.05) is 17.2 Å². The third-order valence-electron chi connectivity index (χ3n) is 2.21. The number of hydrogen-bond donors (Lipinski definition) is 3. The number of amides is 2. The van der Waals surface area contributed by atoms with Gasteiger partial charge in [-0.05, 0) is 11.6 Å². The molecule has 0 atom stereocenters. The van der Waals surface area contributed by atoms with Gasteiger partial charge in [-0.1, -0.05) is 22.7 Å². The molecule has 0 saturated heterocycles. The smallest absolute Gasteiger partial charge is 0.324 e. The Balaban J connectivity index is 2.06. The first-order chi connectivity index (χ1) is 9.15. The number of carboxylic acids is 1. The van der Waals surface area contributed by atoms with Gasteiger partial charge in [0.15, 0.2) is 0 Å². The molecule has 1 heterocycles. The van der Waals surface area contributed by atoms with Gasteiger partial charge in [0.25, 0.3) is 0 Å². The number of aromatic nitrogens is 2. The van der Waals surface area contributed by atoms with Crippen molar-refractivity contribution in [2.75, 3.05) is 10.6 Å². The minimum absolute atomic E-state index is 0.154. The van der Waals surface area contributed by atoms with Crippen LogP contribution in [0, 0.1) is 0 Å². The normalized spacial score (nSPS) is 9.89. The maximum atomic E-state index is 11.7. The number of hydrogen-bond acceptors (Lipinski definition) is 5. The van der Waals surface area contributed by atoms with Gasteiger partial charge in [-0.3, -0.25) is 10.1 Å². The number of urea groups is 1. The van der Waals surface area contributed by atoms with E-state index >= 15 is 0 Å². The Morgan fingerprint density at radius 2 is 2.05 bits per heavy atom. The van der Waals surface area contributed by atoms with Crippen LogP contribution in [0.1, 0.15) is 5.56 Å². The third-order valence-corrected chi connectivity index (χ3v) is 2.79. The average molecular weight is 278 g/mol. The molecular formula is C11H10N4O3S. The molecule has 2 aromatic rings. The second kappa shape index (κ2) is 5.91. The Kier molecular flexibility index (Phi) is 4.04. The van der Waals surface area contributed by atoms with Gasteiger partial charge in [-0.2, -0.15) is 0 Å². The molecule has 0 saturated carbocycles. The highest BCUT2D eigenvalue weighted by atomic mass is 32.1. The van der Waals surface area contributed by atoms with E-state index in [4.69, 9.17) is 5.11 Å². The van der Waals surface area contributed by atoms with Crippen molar-refractivity contribution in [3.8, 4) is 0 Å². The van der Waals surface area contributed by atoms with Gasteiger partial charge in [0.05, 0.1) is 12.6 Å². The average Bonchev–Trinajstić information content (AvgIpc) is 2.83. The van der Waals surface area contributed by atoms with Crippen molar-refractivity contribution in [1.82, 2.24) is 9.59 Å². The third kappa shape index (κ3) is 3.75. The maximum absolute atomic E-state index is 11.7. The summed E-state index contributed by atoms with van der Waals surface area (Å²) in [6.45, 7) is 0. The number of aliphatic carboxylic acids is 1. The lowest BCUT2D eigenvalue weighted by molar-refractivity contribution is -0.136. The van der Waals surface area contributed by atoms with Crippen molar-refractivity contribution in [1.29, 1.82) is 0 Å². The summed E-state index contributed by atoms with van der Waals surface area (Å²) >= 11 is 1.05. The summed E-state index contributed by atoms with van der Waals surface area (Å²) in [4.78, 5) is 22.4. The van der Waals surface area contributed by atoms with Gasteiger partial charge in [-0.15, -0.1) is 5.10 Å². The fraction of sp³-hybridized carbons (Fsp3) is 0.0909. The summed E-state index contributed by atoms with van der Waals surface area (Å²) in [7, 11) is 0. The van der Waals surface area contributed by atoms with Crippen molar-refractivity contribution in [2.45, 2.75) is 6.42 Å². The van der Waals surface area contributed by atoms with Crippen LogP contribution in [-0.4, -0.2) is 26.7 Å². The van der Waals surface area contributed by atoms with Gasteiger partial charge in [0.2, 0.25) is 0 Å². The molecule has 2 amide bonds. The summed E-state index contributed by atoms with van der Waals surface area (Å²) in [6.07, 6.45) is 1.27. The lowest BCUT2D eigenvalue weighted by Gasteiger charge is -2.09. The Morgan fingerprint density at radius 3 is 2.74 bits per heavy atom. The Bertz CT molecular complexity index is 585. The molecule has 1 aromatic heterocycles. The summed E-state index contributed by atoms with van der Waals surface area (Å²) in [5, 5.41) is 18.0. The molecule has 19 heavy (non-hydrogen) atoms. The Labute approximate surface area is 112 Å². The molecule has 8 heteroatoms. The number of carboxylic acid groups (broad SMARTS) is 1. The molecule has 0 fully saturated rings. The highest BCUT2D eigenvalue weighted by molar-refractivity contribution is 7.10. The first kappa shape index (κ1) is 13.0. The molecule has 0 radical (unpaired) electrons. The molecule has 1 aromatic carbocycles. The van der Waals surface area contributed by atoms with Crippen LogP contribution in [-0.2, 0) is 11.2 Å². The zero-order chi connectivity index (χ0) is 13.7. The molecule has 0 aliphatic carbocycles. The van der Waals surface area contributed by atoms with Crippen LogP contribution in [0.4, 0.5) is 15.5 Å². The fourth-order valence-electron chi connectivity index (χ4n) is 1.45. The first-order valence-corrected chi connectivity index (χ1v) is 6.07. The quantitative estimate of drug-likeness (QED) is 0.791. The number of carbonyl (C=O) groups excluding carboxylic acids is 1. The van der Waals surface area contributed by atoms with Crippen LogP contribution in [0.15, 0.2) is 30.5 Å². The van der Waals surface area contributed by atoms with E-state index in [1.165, 1.54) is 6.20 Å². The number of rotatable bonds is 4. The van der Waals surface area contributed by atoms with Crippen molar-refractivity contribution in [2.24, 2.45) is 0 Å². The van der Waals surface area contributed by atoms with E-state index < -0.39 is 12.0 Å². The van der Waals surface area contributed by atoms with Crippen molar-refractivity contribution in [3.63, 3.8) is 0 Å². The topological polar surface area (TPSA) is 104 Å². The minimum atomic E-state index is -0.957. The van der Waals surface area contributed by atoms with E-state index in [-0.39, 0.29) is 6.42 Å². The van der Waals surface area contributed by atoms with Crippen molar-refractivity contribution in [3.05, 3.63) is 36.0 Å². The number of para-hydroxylation sites is 1. The van der Waals surface area contributed by atoms with Crippen molar-refractivity contribution < 1.29 is 14.7 Å². The molecular weight excluding hydrogens is 268 g/mol. The molecule has 7 nitrogen and oxygen atoms in total. The minimum Gasteiger partial charge on any atom is -0.481 e. The van der Waals surface area contributed by atoms with Crippen LogP contribution < -0.4 is 10.6 Å². The molecule has 0 spiro atoms. The zero-order valence-electron chi connectivity index (χ0n) is 9.66. The predicted octanol–water partition coefficient (Wildman–Crippen LogP) is 1.81. The largest absolute Gasteiger partial charge is 0.481 e. The van der Waals surface area contributed by atoms with Gasteiger partial charge >= 0.3 is 12.0 Å². The van der Waals surface area contributed by atoms with Gasteiger partial charge < -0.3 is 10.4 Å². The molecule has 98 valence electrons.